The van der Waals surface area contributed by atoms with Gasteiger partial charge in [-0.05, 0) is 43.2 Å². The van der Waals surface area contributed by atoms with E-state index in [-0.39, 0.29) is 5.91 Å². The van der Waals surface area contributed by atoms with Gasteiger partial charge in [0.25, 0.3) is 5.91 Å². The minimum Gasteiger partial charge on any atom is -0.488 e. The molecule has 1 saturated heterocycles. The van der Waals surface area contributed by atoms with Gasteiger partial charge in [0.1, 0.15) is 12.4 Å². The van der Waals surface area contributed by atoms with E-state index >= 15 is 0 Å². The van der Waals surface area contributed by atoms with Crippen LogP contribution in [0.3, 0.4) is 0 Å². The first-order chi connectivity index (χ1) is 12.7. The van der Waals surface area contributed by atoms with Crippen LogP contribution in [0.5, 0.6) is 5.75 Å². The summed E-state index contributed by atoms with van der Waals surface area (Å²) in [7, 11) is 0. The van der Waals surface area contributed by atoms with Gasteiger partial charge in [0, 0.05) is 30.1 Å². The van der Waals surface area contributed by atoms with Crippen LogP contribution in [-0.2, 0) is 11.3 Å². The van der Waals surface area contributed by atoms with Gasteiger partial charge >= 0.3 is 0 Å². The molecular weight excluding hydrogens is 394 g/mol. The second-order valence-corrected chi connectivity index (χ2v) is 7.40. The maximum absolute atomic E-state index is 13.0. The quantitative estimate of drug-likeness (QED) is 0.664. The molecule has 1 unspecified atom stereocenters. The van der Waals surface area contributed by atoms with Gasteiger partial charge in [-0.2, -0.15) is 0 Å². The molecule has 138 valence electrons. The summed E-state index contributed by atoms with van der Waals surface area (Å²) in [5.74, 6) is 1.07. The Balaban J connectivity index is 1.71. The van der Waals surface area contributed by atoms with Gasteiger partial charge in [-0.15, -0.1) is 0 Å². The molecule has 1 fully saturated rings. The lowest BCUT2D eigenvalue weighted by Gasteiger charge is -2.24. The van der Waals surface area contributed by atoms with E-state index in [0.29, 0.717) is 30.4 Å². The van der Waals surface area contributed by atoms with Gasteiger partial charge in [-0.1, -0.05) is 40.2 Å². The smallest absolute Gasteiger partial charge is 0.257 e. The van der Waals surface area contributed by atoms with E-state index in [1.165, 1.54) is 0 Å². The summed E-state index contributed by atoms with van der Waals surface area (Å²) in [5, 5.41) is 0. The second-order valence-electron chi connectivity index (χ2n) is 6.49. The minimum absolute atomic E-state index is 0.0178. The maximum atomic E-state index is 13.0. The van der Waals surface area contributed by atoms with Crippen molar-refractivity contribution >= 4 is 21.8 Å². The Kier molecular flexibility index (Phi) is 6.69. The molecule has 0 saturated carbocycles. The van der Waals surface area contributed by atoms with Crippen LogP contribution in [-0.4, -0.2) is 37.1 Å². The van der Waals surface area contributed by atoms with Crippen LogP contribution in [0.1, 0.15) is 29.3 Å². The van der Waals surface area contributed by atoms with E-state index in [2.05, 4.69) is 15.9 Å². The van der Waals surface area contributed by atoms with Crippen LogP contribution in [0, 0.1) is 5.92 Å². The van der Waals surface area contributed by atoms with E-state index in [4.69, 9.17) is 9.47 Å². The number of amides is 1. The summed E-state index contributed by atoms with van der Waals surface area (Å²) in [5.41, 5.74) is 1.67. The van der Waals surface area contributed by atoms with Gasteiger partial charge < -0.3 is 14.4 Å². The number of benzene rings is 2. The molecule has 4 nitrogen and oxygen atoms in total. The van der Waals surface area contributed by atoms with Crippen molar-refractivity contribution in [2.24, 2.45) is 5.92 Å². The lowest BCUT2D eigenvalue weighted by atomic mass is 10.1. The fourth-order valence-electron chi connectivity index (χ4n) is 3.12. The highest BCUT2D eigenvalue weighted by atomic mass is 79.9. The molecular formula is C21H24BrNO3. The molecule has 0 aromatic heterocycles. The highest BCUT2D eigenvalue weighted by molar-refractivity contribution is 9.10. The van der Waals surface area contributed by atoms with Crippen LogP contribution in [0.4, 0.5) is 0 Å². The summed E-state index contributed by atoms with van der Waals surface area (Å²) >= 11 is 3.47. The van der Waals surface area contributed by atoms with E-state index in [1.54, 1.807) is 0 Å². The Hall–Kier alpha value is -1.85. The van der Waals surface area contributed by atoms with Gasteiger partial charge in [-0.25, -0.2) is 0 Å². The first-order valence-corrected chi connectivity index (χ1v) is 9.80. The summed E-state index contributed by atoms with van der Waals surface area (Å²) in [6, 6.07) is 15.5. The zero-order valence-corrected chi connectivity index (χ0v) is 16.6. The number of hydrogen-bond donors (Lipinski definition) is 0. The summed E-state index contributed by atoms with van der Waals surface area (Å²) in [6.45, 7) is 5.38. The zero-order valence-electron chi connectivity index (χ0n) is 15.0. The van der Waals surface area contributed by atoms with E-state index in [9.17, 15) is 4.79 Å². The number of rotatable bonds is 7. The first-order valence-electron chi connectivity index (χ1n) is 9.00. The molecule has 1 amide bonds. The van der Waals surface area contributed by atoms with E-state index in [0.717, 1.165) is 36.2 Å². The molecule has 2 aromatic carbocycles. The fraction of sp³-hybridized carbons (Fsp3) is 0.381. The number of nitrogens with zero attached hydrogens (tertiary/aromatic N) is 1. The second kappa shape index (κ2) is 9.19. The third-order valence-corrected chi connectivity index (χ3v) is 5.07. The Labute approximate surface area is 163 Å². The molecule has 5 heteroatoms. The summed E-state index contributed by atoms with van der Waals surface area (Å²) in [4.78, 5) is 14.9. The van der Waals surface area contributed by atoms with Crippen LogP contribution >= 0.6 is 15.9 Å². The molecule has 0 bridgehead atoms. The molecule has 1 heterocycles. The molecule has 1 aliphatic heterocycles. The van der Waals surface area contributed by atoms with Crippen molar-refractivity contribution in [3.8, 4) is 5.75 Å². The lowest BCUT2D eigenvalue weighted by Crippen LogP contribution is -2.35. The Morgan fingerprint density at radius 1 is 1.27 bits per heavy atom. The Morgan fingerprint density at radius 2 is 2.12 bits per heavy atom. The Morgan fingerprint density at radius 3 is 2.85 bits per heavy atom. The summed E-state index contributed by atoms with van der Waals surface area (Å²) < 4.78 is 12.4. The van der Waals surface area contributed by atoms with Gasteiger partial charge in [0.15, 0.2) is 0 Å². The molecule has 1 aliphatic rings. The molecule has 0 N–H and O–H groups in total. The van der Waals surface area contributed by atoms with Crippen LogP contribution in [0.25, 0.3) is 0 Å². The number of carbonyl (C=O) groups excluding carboxylic acids is 1. The minimum atomic E-state index is 0.0178. The van der Waals surface area contributed by atoms with Crippen molar-refractivity contribution in [2.45, 2.75) is 20.0 Å². The van der Waals surface area contributed by atoms with Crippen molar-refractivity contribution in [1.82, 2.24) is 4.90 Å². The highest BCUT2D eigenvalue weighted by Crippen LogP contribution is 2.23. The fourth-order valence-corrected chi connectivity index (χ4v) is 3.57. The monoisotopic (exact) mass is 417 g/mol. The molecule has 2 aromatic rings. The standard InChI is InChI=1S/C21H24BrNO3/c1-2-23(13-17-10-11-25-14-17)21(24)19-8-3-4-9-20(19)26-15-16-6-5-7-18(22)12-16/h3-9,12,17H,2,10-11,13-15H2,1H3. The van der Waals surface area contributed by atoms with Crippen molar-refractivity contribution in [2.75, 3.05) is 26.3 Å². The van der Waals surface area contributed by atoms with Crippen LogP contribution < -0.4 is 4.74 Å². The molecule has 0 aliphatic carbocycles. The number of para-hydroxylation sites is 1. The third kappa shape index (κ3) is 4.86. The van der Waals surface area contributed by atoms with Crippen molar-refractivity contribution in [3.05, 3.63) is 64.1 Å². The largest absolute Gasteiger partial charge is 0.488 e. The van der Waals surface area contributed by atoms with Crippen molar-refractivity contribution in [3.63, 3.8) is 0 Å². The molecule has 3 rings (SSSR count). The average molecular weight is 418 g/mol. The van der Waals surface area contributed by atoms with Gasteiger partial charge in [0.05, 0.1) is 12.2 Å². The average Bonchev–Trinajstić information content (AvgIpc) is 3.17. The predicted octanol–water partition coefficient (Wildman–Crippen LogP) is 4.53. The third-order valence-electron chi connectivity index (χ3n) is 4.57. The topological polar surface area (TPSA) is 38.8 Å². The predicted molar refractivity (Wildman–Crippen MR) is 105 cm³/mol. The maximum Gasteiger partial charge on any atom is 0.257 e. The Bertz CT molecular complexity index is 744. The molecule has 1 atom stereocenters. The molecule has 0 spiro atoms. The SMILES string of the molecule is CCN(CC1CCOC1)C(=O)c1ccccc1OCc1cccc(Br)c1. The zero-order chi connectivity index (χ0) is 18.4. The van der Waals surface area contributed by atoms with E-state index in [1.807, 2.05) is 60.4 Å². The van der Waals surface area contributed by atoms with Crippen molar-refractivity contribution < 1.29 is 14.3 Å². The first kappa shape index (κ1) is 18.9. The van der Waals surface area contributed by atoms with E-state index < -0.39 is 0 Å². The highest BCUT2D eigenvalue weighted by Gasteiger charge is 2.24. The number of carbonyl (C=O) groups is 1. The molecule has 0 radical (unpaired) electrons. The molecule has 26 heavy (non-hydrogen) atoms. The number of hydrogen-bond acceptors (Lipinski definition) is 3. The summed E-state index contributed by atoms with van der Waals surface area (Å²) in [6.07, 6.45) is 1.02. The van der Waals surface area contributed by atoms with Crippen LogP contribution in [0.15, 0.2) is 53.0 Å². The number of ether oxygens (including phenoxy) is 2. The lowest BCUT2D eigenvalue weighted by molar-refractivity contribution is 0.0726. The van der Waals surface area contributed by atoms with Crippen LogP contribution in [0.2, 0.25) is 0 Å². The van der Waals surface area contributed by atoms with Gasteiger partial charge in [0.2, 0.25) is 0 Å². The van der Waals surface area contributed by atoms with Crippen molar-refractivity contribution in [1.29, 1.82) is 0 Å². The normalized spacial score (nSPS) is 16.5. The van der Waals surface area contributed by atoms with Gasteiger partial charge in [-0.3, -0.25) is 4.79 Å². The number of halogens is 1.